The summed E-state index contributed by atoms with van der Waals surface area (Å²) in [7, 11) is 0. The smallest absolute Gasteiger partial charge is 0.321 e. The van der Waals surface area contributed by atoms with Crippen LogP contribution < -0.4 is 5.32 Å². The molecule has 2 fully saturated rings. The molecule has 4 heteroatoms. The lowest BCUT2D eigenvalue weighted by Crippen LogP contribution is -2.17. The summed E-state index contributed by atoms with van der Waals surface area (Å²) >= 11 is 0. The van der Waals surface area contributed by atoms with Crippen molar-refractivity contribution in [1.82, 2.24) is 10.1 Å². The highest BCUT2D eigenvalue weighted by Gasteiger charge is 2.31. The lowest BCUT2D eigenvalue weighted by atomic mass is 10.2. The Morgan fingerprint density at radius 1 is 1.36 bits per heavy atom. The number of nitrogens with zero attached hydrogens (tertiary/aromatic N) is 2. The Morgan fingerprint density at radius 3 is 2.79 bits per heavy atom. The molecule has 1 heterocycles. The van der Waals surface area contributed by atoms with E-state index in [0.29, 0.717) is 18.0 Å². The second-order valence-corrected chi connectivity index (χ2v) is 4.50. The summed E-state index contributed by atoms with van der Waals surface area (Å²) in [6.45, 7) is 2.18. The van der Waals surface area contributed by atoms with Crippen molar-refractivity contribution in [2.45, 2.75) is 44.6 Å². The average Bonchev–Trinajstić information content (AvgIpc) is 3.06. The van der Waals surface area contributed by atoms with Gasteiger partial charge in [-0.2, -0.15) is 4.98 Å². The van der Waals surface area contributed by atoms with Gasteiger partial charge >= 0.3 is 6.01 Å². The fraction of sp³-hybridized carbons (Fsp3) is 0.800. The molecule has 14 heavy (non-hydrogen) atoms. The number of aromatic nitrogens is 2. The second-order valence-electron chi connectivity index (χ2n) is 4.50. The van der Waals surface area contributed by atoms with E-state index in [1.807, 2.05) is 0 Å². The van der Waals surface area contributed by atoms with E-state index in [2.05, 4.69) is 22.4 Å². The summed E-state index contributed by atoms with van der Waals surface area (Å²) in [6.07, 6.45) is 5.10. The zero-order valence-electron chi connectivity index (χ0n) is 8.36. The molecule has 0 aliphatic heterocycles. The van der Waals surface area contributed by atoms with Crippen molar-refractivity contribution in [3.05, 3.63) is 5.82 Å². The first kappa shape index (κ1) is 8.26. The van der Waals surface area contributed by atoms with Crippen molar-refractivity contribution < 1.29 is 4.52 Å². The van der Waals surface area contributed by atoms with Crippen LogP contribution in [0.5, 0.6) is 0 Å². The number of hydrogen-bond acceptors (Lipinski definition) is 4. The predicted octanol–water partition coefficient (Wildman–Crippen LogP) is 2.16. The third kappa shape index (κ3) is 1.61. The molecule has 76 valence electrons. The third-order valence-corrected chi connectivity index (χ3v) is 3.06. The third-order valence-electron chi connectivity index (χ3n) is 3.06. The van der Waals surface area contributed by atoms with Crippen molar-refractivity contribution in [1.29, 1.82) is 0 Å². The van der Waals surface area contributed by atoms with Crippen molar-refractivity contribution in [3.8, 4) is 0 Å². The molecular formula is C10H15N3O. The highest BCUT2D eigenvalue weighted by Crippen LogP contribution is 2.39. The summed E-state index contributed by atoms with van der Waals surface area (Å²) in [6, 6.07) is 1.08. The molecule has 0 bridgehead atoms. The number of hydrogen-bond donors (Lipinski definition) is 1. The van der Waals surface area contributed by atoms with E-state index in [1.54, 1.807) is 0 Å². The van der Waals surface area contributed by atoms with Gasteiger partial charge in [0.05, 0.1) is 0 Å². The Bertz CT molecular complexity index is 328. The topological polar surface area (TPSA) is 51.0 Å². The molecule has 0 amide bonds. The molecule has 1 aromatic rings. The maximum absolute atomic E-state index is 5.14. The summed E-state index contributed by atoms with van der Waals surface area (Å²) in [5.74, 6) is 2.27. The van der Waals surface area contributed by atoms with Crippen molar-refractivity contribution in [2.24, 2.45) is 5.92 Å². The fourth-order valence-electron chi connectivity index (χ4n) is 1.71. The first-order chi connectivity index (χ1) is 6.83. The summed E-state index contributed by atoms with van der Waals surface area (Å²) in [5, 5.41) is 7.23. The van der Waals surface area contributed by atoms with E-state index in [4.69, 9.17) is 4.52 Å². The molecule has 0 spiro atoms. The van der Waals surface area contributed by atoms with Gasteiger partial charge in [0.25, 0.3) is 0 Å². The van der Waals surface area contributed by atoms with Gasteiger partial charge < -0.3 is 9.84 Å². The summed E-state index contributed by atoms with van der Waals surface area (Å²) < 4.78 is 5.14. The van der Waals surface area contributed by atoms with Gasteiger partial charge in [-0.25, -0.2) is 0 Å². The minimum absolute atomic E-state index is 0.475. The molecule has 1 unspecified atom stereocenters. The lowest BCUT2D eigenvalue weighted by molar-refractivity contribution is 0.417. The van der Waals surface area contributed by atoms with Crippen LogP contribution in [-0.2, 0) is 0 Å². The summed E-state index contributed by atoms with van der Waals surface area (Å²) in [5.41, 5.74) is 0. The highest BCUT2D eigenvalue weighted by atomic mass is 16.5. The van der Waals surface area contributed by atoms with Crippen LogP contribution in [0.15, 0.2) is 4.52 Å². The van der Waals surface area contributed by atoms with Crippen LogP contribution in [-0.4, -0.2) is 16.2 Å². The fourth-order valence-corrected chi connectivity index (χ4v) is 1.71. The van der Waals surface area contributed by atoms with Crippen LogP contribution in [0.4, 0.5) is 6.01 Å². The van der Waals surface area contributed by atoms with Crippen molar-refractivity contribution in [3.63, 3.8) is 0 Å². The minimum atomic E-state index is 0.475. The van der Waals surface area contributed by atoms with Crippen molar-refractivity contribution >= 4 is 6.01 Å². The first-order valence-corrected chi connectivity index (χ1v) is 5.43. The van der Waals surface area contributed by atoms with Crippen LogP contribution in [0.3, 0.4) is 0 Å². The zero-order chi connectivity index (χ0) is 9.54. The van der Waals surface area contributed by atoms with E-state index in [9.17, 15) is 0 Å². The van der Waals surface area contributed by atoms with Gasteiger partial charge in [0.2, 0.25) is 0 Å². The van der Waals surface area contributed by atoms with Gasteiger partial charge in [0.15, 0.2) is 5.82 Å². The van der Waals surface area contributed by atoms with Crippen LogP contribution in [0.25, 0.3) is 0 Å². The second kappa shape index (κ2) is 2.97. The monoisotopic (exact) mass is 193 g/mol. The minimum Gasteiger partial charge on any atom is -0.335 e. The quantitative estimate of drug-likeness (QED) is 0.796. The van der Waals surface area contributed by atoms with Gasteiger partial charge in [-0.1, -0.05) is 5.16 Å². The molecule has 1 aromatic heterocycles. The van der Waals surface area contributed by atoms with Crippen LogP contribution >= 0.6 is 0 Å². The molecule has 3 rings (SSSR count). The molecule has 2 saturated carbocycles. The molecular weight excluding hydrogens is 178 g/mol. The first-order valence-electron chi connectivity index (χ1n) is 5.43. The Labute approximate surface area is 83.1 Å². The Balaban J connectivity index is 1.63. The maximum atomic E-state index is 5.14. The van der Waals surface area contributed by atoms with E-state index in [0.717, 1.165) is 11.7 Å². The molecule has 0 saturated heterocycles. The van der Waals surface area contributed by atoms with E-state index >= 15 is 0 Å². The maximum Gasteiger partial charge on any atom is 0.321 e. The molecule has 1 N–H and O–H groups in total. The van der Waals surface area contributed by atoms with Gasteiger partial charge in [-0.15, -0.1) is 0 Å². The van der Waals surface area contributed by atoms with E-state index in [-0.39, 0.29) is 0 Å². The largest absolute Gasteiger partial charge is 0.335 e. The predicted molar refractivity (Wildman–Crippen MR) is 52.1 cm³/mol. The van der Waals surface area contributed by atoms with Gasteiger partial charge in [0.1, 0.15) is 0 Å². The number of anilines is 1. The zero-order valence-corrected chi connectivity index (χ0v) is 8.36. The van der Waals surface area contributed by atoms with Crippen LogP contribution in [0, 0.1) is 5.92 Å². The van der Waals surface area contributed by atoms with Gasteiger partial charge in [-0.05, 0) is 38.5 Å². The Kier molecular flexibility index (Phi) is 1.75. The normalized spacial score (nSPS) is 23.5. The lowest BCUT2D eigenvalue weighted by Gasteiger charge is -2.08. The average molecular weight is 193 g/mol. The Hall–Kier alpha value is -1.06. The van der Waals surface area contributed by atoms with Crippen LogP contribution in [0.1, 0.15) is 44.3 Å². The molecule has 4 nitrogen and oxygen atoms in total. The standard InChI is InChI=1S/C10H15N3O/c1-6(7-2-3-7)11-10-12-9(13-14-10)8-4-5-8/h6-8H,2-5H2,1H3,(H,11,12,13). The van der Waals surface area contributed by atoms with Crippen molar-refractivity contribution in [2.75, 3.05) is 5.32 Å². The SMILES string of the molecule is CC(Nc1nc(C2CC2)no1)C1CC1. The molecule has 2 aliphatic rings. The number of nitrogens with one attached hydrogen (secondary N) is 1. The summed E-state index contributed by atoms with van der Waals surface area (Å²) in [4.78, 5) is 4.33. The molecule has 0 radical (unpaired) electrons. The van der Waals surface area contributed by atoms with E-state index in [1.165, 1.54) is 25.7 Å². The van der Waals surface area contributed by atoms with Gasteiger partial charge in [-0.3, -0.25) is 0 Å². The molecule has 1 atom stereocenters. The molecule has 2 aliphatic carbocycles. The molecule has 0 aromatic carbocycles. The van der Waals surface area contributed by atoms with E-state index < -0.39 is 0 Å². The Morgan fingerprint density at radius 2 is 2.14 bits per heavy atom. The highest BCUT2D eigenvalue weighted by molar-refractivity contribution is 5.23. The number of rotatable bonds is 4. The van der Waals surface area contributed by atoms with Crippen LogP contribution in [0.2, 0.25) is 0 Å². The van der Waals surface area contributed by atoms with Gasteiger partial charge in [0, 0.05) is 12.0 Å².